The number of ether oxygens (including phenoxy) is 1. The number of fused-ring (bicyclic) bond motifs is 1. The largest absolute Gasteiger partial charge is 0.493 e. The molecule has 1 heterocycles. The van der Waals surface area contributed by atoms with Gasteiger partial charge in [0.1, 0.15) is 5.56 Å². The average Bonchev–Trinajstić information content (AvgIpc) is 2.45. The fraction of sp³-hybridized carbons (Fsp3) is 0.333. The fourth-order valence-corrected chi connectivity index (χ4v) is 2.34. The molecule has 0 bridgehead atoms. The van der Waals surface area contributed by atoms with Gasteiger partial charge in [0.25, 0.3) is 5.91 Å². The third-order valence-corrected chi connectivity index (χ3v) is 3.68. The van der Waals surface area contributed by atoms with Crippen LogP contribution in [0.2, 0.25) is 0 Å². The Morgan fingerprint density at radius 3 is 2.76 bits per heavy atom. The van der Waals surface area contributed by atoms with Crippen LogP contribution >= 0.6 is 15.9 Å². The summed E-state index contributed by atoms with van der Waals surface area (Å²) >= 11 is 3.36. The van der Waals surface area contributed by atoms with Crippen LogP contribution in [0.25, 0.3) is 11.0 Å². The van der Waals surface area contributed by atoms with Gasteiger partial charge in [0.05, 0.1) is 7.11 Å². The van der Waals surface area contributed by atoms with Gasteiger partial charge in [0.2, 0.25) is 0 Å². The summed E-state index contributed by atoms with van der Waals surface area (Å²) in [5, 5.41) is 3.37. The Balaban J connectivity index is 2.55. The van der Waals surface area contributed by atoms with Crippen LogP contribution in [0.3, 0.4) is 0 Å². The molecule has 1 amide bonds. The molecule has 1 aromatic carbocycles. The van der Waals surface area contributed by atoms with E-state index in [1.807, 2.05) is 13.8 Å². The molecule has 2 aromatic rings. The number of hydrogen-bond acceptors (Lipinski definition) is 4. The molecular formula is C15H16BrNO4. The number of methoxy groups -OCH3 is 1. The zero-order chi connectivity index (χ0) is 15.6. The fourth-order valence-electron chi connectivity index (χ4n) is 1.88. The van der Waals surface area contributed by atoms with Crippen LogP contribution in [-0.2, 0) is 0 Å². The number of carbonyl (C=O) groups excluding carboxylic acids is 1. The number of hydrogen-bond donors (Lipinski definition) is 1. The van der Waals surface area contributed by atoms with Crippen molar-refractivity contribution < 1.29 is 13.9 Å². The Hall–Kier alpha value is -1.82. The molecule has 0 radical (unpaired) electrons. The predicted molar refractivity (Wildman–Crippen MR) is 84.0 cm³/mol. The Bertz CT molecular complexity index is 738. The highest BCUT2D eigenvalue weighted by Crippen LogP contribution is 2.29. The normalized spacial score (nSPS) is 12.2. The standard InChI is InChI=1S/C15H16BrNO4/c1-4-8(2)17-14(18)11-6-9-5-10(16)7-12(20-3)13(9)21-15(11)19/h5-8H,4H2,1-3H3,(H,17,18). The summed E-state index contributed by atoms with van der Waals surface area (Å²) in [7, 11) is 1.49. The Kier molecular flexibility index (Phi) is 4.67. The van der Waals surface area contributed by atoms with Crippen molar-refractivity contribution in [2.75, 3.05) is 7.11 Å². The Morgan fingerprint density at radius 2 is 2.14 bits per heavy atom. The highest BCUT2D eigenvalue weighted by atomic mass is 79.9. The van der Waals surface area contributed by atoms with Crippen LogP contribution in [0, 0.1) is 0 Å². The van der Waals surface area contributed by atoms with Gasteiger partial charge in [-0.1, -0.05) is 22.9 Å². The molecule has 112 valence electrons. The summed E-state index contributed by atoms with van der Waals surface area (Å²) in [5.74, 6) is 0.00398. The maximum atomic E-state index is 12.1. The summed E-state index contributed by atoms with van der Waals surface area (Å²) in [4.78, 5) is 24.1. The molecule has 6 heteroatoms. The van der Waals surface area contributed by atoms with E-state index < -0.39 is 11.5 Å². The van der Waals surface area contributed by atoms with Gasteiger partial charge in [0.15, 0.2) is 11.3 Å². The van der Waals surface area contributed by atoms with Crippen molar-refractivity contribution in [2.24, 2.45) is 0 Å². The van der Waals surface area contributed by atoms with Crippen molar-refractivity contribution in [1.29, 1.82) is 0 Å². The first-order valence-corrected chi connectivity index (χ1v) is 7.37. The van der Waals surface area contributed by atoms with E-state index in [9.17, 15) is 9.59 Å². The molecule has 1 unspecified atom stereocenters. The molecule has 2 rings (SSSR count). The molecule has 0 aliphatic carbocycles. The molecule has 0 aliphatic rings. The first-order chi connectivity index (χ1) is 9.96. The Morgan fingerprint density at radius 1 is 1.43 bits per heavy atom. The van der Waals surface area contributed by atoms with Gasteiger partial charge in [0, 0.05) is 15.9 Å². The van der Waals surface area contributed by atoms with Crippen molar-refractivity contribution in [3.8, 4) is 5.75 Å². The minimum atomic E-state index is -0.677. The van der Waals surface area contributed by atoms with E-state index in [-0.39, 0.29) is 11.6 Å². The van der Waals surface area contributed by atoms with Crippen LogP contribution < -0.4 is 15.7 Å². The summed E-state index contributed by atoms with van der Waals surface area (Å²) in [6, 6.07) is 4.97. The molecule has 0 fully saturated rings. The number of carbonyl (C=O) groups is 1. The van der Waals surface area contributed by atoms with E-state index in [0.29, 0.717) is 16.7 Å². The SMILES string of the molecule is CCC(C)NC(=O)c1cc2cc(Br)cc(OC)c2oc1=O. The van der Waals surface area contributed by atoms with Crippen LogP contribution in [0.15, 0.2) is 31.9 Å². The first-order valence-electron chi connectivity index (χ1n) is 6.58. The summed E-state index contributed by atoms with van der Waals surface area (Å²) in [6.07, 6.45) is 0.782. The van der Waals surface area contributed by atoms with Gasteiger partial charge in [-0.25, -0.2) is 4.79 Å². The van der Waals surface area contributed by atoms with Crippen molar-refractivity contribution in [2.45, 2.75) is 26.3 Å². The van der Waals surface area contributed by atoms with Crippen molar-refractivity contribution in [1.82, 2.24) is 5.32 Å². The van der Waals surface area contributed by atoms with E-state index in [4.69, 9.17) is 9.15 Å². The lowest BCUT2D eigenvalue weighted by molar-refractivity contribution is 0.0935. The van der Waals surface area contributed by atoms with E-state index in [1.54, 1.807) is 12.1 Å². The smallest absolute Gasteiger partial charge is 0.349 e. The van der Waals surface area contributed by atoms with Crippen molar-refractivity contribution in [3.63, 3.8) is 0 Å². The van der Waals surface area contributed by atoms with Crippen LogP contribution in [0.5, 0.6) is 5.75 Å². The maximum Gasteiger partial charge on any atom is 0.349 e. The molecule has 5 nitrogen and oxygen atoms in total. The monoisotopic (exact) mass is 353 g/mol. The number of rotatable bonds is 4. The zero-order valence-electron chi connectivity index (χ0n) is 12.0. The summed E-state index contributed by atoms with van der Waals surface area (Å²) in [5.41, 5.74) is -0.363. The van der Waals surface area contributed by atoms with Crippen LogP contribution in [-0.4, -0.2) is 19.1 Å². The average molecular weight is 354 g/mol. The Labute approximate surface area is 130 Å². The lowest BCUT2D eigenvalue weighted by atomic mass is 10.1. The highest BCUT2D eigenvalue weighted by molar-refractivity contribution is 9.10. The second-order valence-electron chi connectivity index (χ2n) is 4.76. The van der Waals surface area contributed by atoms with Crippen molar-refractivity contribution >= 4 is 32.8 Å². The quantitative estimate of drug-likeness (QED) is 0.857. The lowest BCUT2D eigenvalue weighted by Crippen LogP contribution is -2.34. The van der Waals surface area contributed by atoms with Gasteiger partial charge >= 0.3 is 5.63 Å². The number of nitrogens with one attached hydrogen (secondary N) is 1. The van der Waals surface area contributed by atoms with E-state index in [0.717, 1.165) is 10.9 Å². The second kappa shape index (κ2) is 6.30. The molecule has 0 saturated heterocycles. The third kappa shape index (κ3) is 3.26. The predicted octanol–water partition coefficient (Wildman–Crippen LogP) is 3.09. The topological polar surface area (TPSA) is 68.5 Å². The molecule has 0 saturated carbocycles. The third-order valence-electron chi connectivity index (χ3n) is 3.22. The lowest BCUT2D eigenvalue weighted by Gasteiger charge is -2.11. The number of amides is 1. The number of halogens is 1. The first kappa shape index (κ1) is 15.6. The molecule has 1 aromatic heterocycles. The van der Waals surface area contributed by atoms with E-state index >= 15 is 0 Å². The molecule has 1 N–H and O–H groups in total. The second-order valence-corrected chi connectivity index (χ2v) is 5.67. The van der Waals surface area contributed by atoms with Gasteiger partial charge in [-0.05, 0) is 31.5 Å². The van der Waals surface area contributed by atoms with Gasteiger partial charge in [-0.3, -0.25) is 4.79 Å². The molecule has 0 aliphatic heterocycles. The number of benzene rings is 1. The molecule has 0 spiro atoms. The highest BCUT2D eigenvalue weighted by Gasteiger charge is 2.17. The van der Waals surface area contributed by atoms with Crippen LogP contribution in [0.4, 0.5) is 0 Å². The molecule has 1 atom stereocenters. The van der Waals surface area contributed by atoms with E-state index in [2.05, 4.69) is 21.2 Å². The molecule has 21 heavy (non-hydrogen) atoms. The maximum absolute atomic E-state index is 12.1. The van der Waals surface area contributed by atoms with Gasteiger partial charge in [-0.2, -0.15) is 0 Å². The van der Waals surface area contributed by atoms with Gasteiger partial charge in [-0.15, -0.1) is 0 Å². The minimum Gasteiger partial charge on any atom is -0.493 e. The minimum absolute atomic E-state index is 0.00959. The van der Waals surface area contributed by atoms with Crippen LogP contribution in [0.1, 0.15) is 30.6 Å². The van der Waals surface area contributed by atoms with Gasteiger partial charge < -0.3 is 14.5 Å². The zero-order valence-corrected chi connectivity index (χ0v) is 13.6. The van der Waals surface area contributed by atoms with Crippen molar-refractivity contribution in [3.05, 3.63) is 38.7 Å². The van der Waals surface area contributed by atoms with E-state index in [1.165, 1.54) is 13.2 Å². The summed E-state index contributed by atoms with van der Waals surface area (Å²) in [6.45, 7) is 3.83. The molecular weight excluding hydrogens is 338 g/mol. The summed E-state index contributed by atoms with van der Waals surface area (Å²) < 4.78 is 11.2.